The van der Waals surface area contributed by atoms with Gasteiger partial charge in [0.15, 0.2) is 5.75 Å². The predicted molar refractivity (Wildman–Crippen MR) is 95.6 cm³/mol. The number of nitrogens with zero attached hydrogens (tertiary/aromatic N) is 5. The molecule has 27 heavy (non-hydrogen) atoms. The van der Waals surface area contributed by atoms with E-state index in [0.29, 0.717) is 0 Å². The van der Waals surface area contributed by atoms with Gasteiger partial charge in [-0.25, -0.2) is 8.42 Å². The van der Waals surface area contributed by atoms with Crippen LogP contribution in [0.5, 0.6) is 0 Å². The van der Waals surface area contributed by atoms with Crippen LogP contribution in [0.2, 0.25) is 0 Å². The molecule has 1 aromatic heterocycles. The topological polar surface area (TPSA) is 99.9 Å². The SMILES string of the molecule is CN1CCCc2cc(N=Nc3nncs3)c(NS(=O)(=O)CC(F)(F)F)cc21. The van der Waals surface area contributed by atoms with E-state index >= 15 is 0 Å². The molecule has 0 amide bonds. The Morgan fingerprint density at radius 1 is 1.33 bits per heavy atom. The lowest BCUT2D eigenvalue weighted by atomic mass is 10.0. The Kier molecular flexibility index (Phi) is 5.33. The van der Waals surface area contributed by atoms with Crippen molar-refractivity contribution in [3.05, 3.63) is 23.2 Å². The molecule has 146 valence electrons. The number of nitrogens with one attached hydrogen (secondary N) is 1. The largest absolute Gasteiger partial charge is 0.404 e. The highest BCUT2D eigenvalue weighted by atomic mass is 32.2. The second kappa shape index (κ2) is 7.38. The highest BCUT2D eigenvalue weighted by Gasteiger charge is 2.35. The minimum Gasteiger partial charge on any atom is -0.374 e. The number of halogens is 3. The van der Waals surface area contributed by atoms with Gasteiger partial charge in [-0.15, -0.1) is 20.4 Å². The Hall–Kier alpha value is -2.28. The Morgan fingerprint density at radius 3 is 2.78 bits per heavy atom. The number of benzene rings is 1. The smallest absolute Gasteiger partial charge is 0.374 e. The summed E-state index contributed by atoms with van der Waals surface area (Å²) in [7, 11) is -2.82. The Morgan fingerprint density at radius 2 is 2.11 bits per heavy atom. The summed E-state index contributed by atoms with van der Waals surface area (Å²) >= 11 is 1.12. The molecule has 0 spiro atoms. The van der Waals surface area contributed by atoms with Gasteiger partial charge in [0.05, 0.1) is 5.69 Å². The molecule has 1 aliphatic rings. The van der Waals surface area contributed by atoms with E-state index in [1.807, 2.05) is 16.7 Å². The number of fused-ring (bicyclic) bond motifs is 1. The van der Waals surface area contributed by atoms with Gasteiger partial charge in [0, 0.05) is 19.3 Å². The van der Waals surface area contributed by atoms with Crippen LogP contribution in [-0.2, 0) is 16.4 Å². The van der Waals surface area contributed by atoms with Gasteiger partial charge in [0.2, 0.25) is 10.0 Å². The average molecular weight is 420 g/mol. The summed E-state index contributed by atoms with van der Waals surface area (Å²) in [6, 6.07) is 3.11. The fourth-order valence-electron chi connectivity index (χ4n) is 2.69. The van der Waals surface area contributed by atoms with Crippen LogP contribution < -0.4 is 9.62 Å². The van der Waals surface area contributed by atoms with Crippen molar-refractivity contribution in [3.8, 4) is 0 Å². The maximum atomic E-state index is 12.5. The fraction of sp³-hybridized carbons (Fsp3) is 0.429. The van der Waals surface area contributed by atoms with Gasteiger partial charge < -0.3 is 4.90 Å². The zero-order valence-corrected chi connectivity index (χ0v) is 15.7. The van der Waals surface area contributed by atoms with Crippen LogP contribution in [0, 0.1) is 0 Å². The Bertz CT molecular complexity index is 945. The molecular formula is C14H15F3N6O2S2. The molecule has 0 radical (unpaired) electrons. The van der Waals surface area contributed by atoms with E-state index in [-0.39, 0.29) is 16.5 Å². The highest BCUT2D eigenvalue weighted by molar-refractivity contribution is 7.92. The molecule has 0 saturated heterocycles. The van der Waals surface area contributed by atoms with Crippen molar-refractivity contribution in [2.75, 3.05) is 29.0 Å². The van der Waals surface area contributed by atoms with Crippen molar-refractivity contribution in [1.29, 1.82) is 0 Å². The molecule has 0 unspecified atom stereocenters. The van der Waals surface area contributed by atoms with E-state index in [4.69, 9.17) is 0 Å². The van der Waals surface area contributed by atoms with Gasteiger partial charge in [-0.05, 0) is 30.5 Å². The van der Waals surface area contributed by atoms with Gasteiger partial charge in [-0.1, -0.05) is 11.3 Å². The third-order valence-electron chi connectivity index (χ3n) is 3.76. The molecule has 0 atom stereocenters. The van der Waals surface area contributed by atoms with Crippen molar-refractivity contribution >= 4 is 43.6 Å². The van der Waals surface area contributed by atoms with E-state index in [9.17, 15) is 21.6 Å². The molecule has 1 N–H and O–H groups in total. The Balaban J connectivity index is 2.00. The molecular weight excluding hydrogens is 405 g/mol. The number of alkyl halides is 3. The lowest BCUT2D eigenvalue weighted by Crippen LogP contribution is -2.28. The van der Waals surface area contributed by atoms with E-state index in [1.165, 1.54) is 11.6 Å². The number of aryl methyl sites for hydroxylation is 1. The normalized spacial score (nSPS) is 15.2. The van der Waals surface area contributed by atoms with Gasteiger partial charge in [-0.2, -0.15) is 13.2 Å². The van der Waals surface area contributed by atoms with E-state index in [2.05, 4.69) is 20.4 Å². The summed E-state index contributed by atoms with van der Waals surface area (Å²) in [5.74, 6) is -1.99. The third kappa shape index (κ3) is 5.13. The first-order valence-electron chi connectivity index (χ1n) is 7.76. The maximum absolute atomic E-state index is 12.5. The molecule has 13 heteroatoms. The number of hydrogen-bond donors (Lipinski definition) is 1. The van der Waals surface area contributed by atoms with Gasteiger partial charge in [0.25, 0.3) is 5.13 Å². The first kappa shape index (κ1) is 19.5. The zero-order valence-electron chi connectivity index (χ0n) is 14.1. The van der Waals surface area contributed by atoms with Gasteiger partial charge in [0.1, 0.15) is 11.2 Å². The van der Waals surface area contributed by atoms with Gasteiger partial charge in [-0.3, -0.25) is 4.72 Å². The zero-order chi connectivity index (χ0) is 19.7. The summed E-state index contributed by atoms with van der Waals surface area (Å²) in [6.45, 7) is 0.757. The number of aromatic nitrogens is 2. The average Bonchev–Trinajstić information content (AvgIpc) is 3.04. The molecule has 3 rings (SSSR count). The number of hydrogen-bond acceptors (Lipinski definition) is 8. The van der Waals surface area contributed by atoms with E-state index in [0.717, 1.165) is 42.0 Å². The number of azo groups is 1. The van der Waals surface area contributed by atoms with Crippen molar-refractivity contribution in [2.45, 2.75) is 19.0 Å². The van der Waals surface area contributed by atoms with Crippen molar-refractivity contribution in [1.82, 2.24) is 10.2 Å². The minimum absolute atomic E-state index is 0.0694. The highest BCUT2D eigenvalue weighted by Crippen LogP contribution is 2.38. The van der Waals surface area contributed by atoms with Crippen LogP contribution in [-0.4, -0.2) is 44.1 Å². The van der Waals surface area contributed by atoms with Crippen LogP contribution in [0.25, 0.3) is 0 Å². The molecule has 2 aromatic rings. The van der Waals surface area contributed by atoms with E-state index < -0.39 is 22.0 Å². The Labute approximate surface area is 157 Å². The van der Waals surface area contributed by atoms with Crippen molar-refractivity contribution in [2.24, 2.45) is 10.2 Å². The minimum atomic E-state index is -4.86. The number of rotatable bonds is 5. The van der Waals surface area contributed by atoms with E-state index in [1.54, 1.807) is 6.07 Å². The summed E-state index contributed by atoms with van der Waals surface area (Å²) in [5.41, 5.74) is 3.14. The molecule has 1 aromatic carbocycles. The molecule has 2 heterocycles. The standard InChI is InChI=1S/C14H15F3N6O2S2/c1-23-4-2-3-9-5-10(19-21-13-20-18-8-26-13)11(6-12(9)23)22-27(24,25)7-14(15,16)17/h5-6,8,22H,2-4,7H2,1H3. The lowest BCUT2D eigenvalue weighted by molar-refractivity contribution is -0.106. The quantitative estimate of drug-likeness (QED) is 0.745. The molecule has 0 saturated carbocycles. The molecule has 0 bridgehead atoms. The molecule has 1 aliphatic heterocycles. The van der Waals surface area contributed by atoms with Crippen LogP contribution in [0.15, 0.2) is 27.9 Å². The summed E-state index contributed by atoms with van der Waals surface area (Å²) in [6.07, 6.45) is -3.21. The van der Waals surface area contributed by atoms with Gasteiger partial charge >= 0.3 is 6.18 Å². The first-order valence-corrected chi connectivity index (χ1v) is 10.3. The second-order valence-corrected chi connectivity index (χ2v) is 8.45. The second-order valence-electron chi connectivity index (χ2n) is 5.92. The van der Waals surface area contributed by atoms with Crippen molar-refractivity contribution < 1.29 is 21.6 Å². The fourth-order valence-corrected chi connectivity index (χ4v) is 4.07. The molecule has 0 fully saturated rings. The van der Waals surface area contributed by atoms with Crippen LogP contribution in [0.1, 0.15) is 12.0 Å². The number of anilines is 2. The first-order chi connectivity index (χ1) is 12.6. The van der Waals surface area contributed by atoms with Crippen LogP contribution in [0.4, 0.5) is 35.4 Å². The van der Waals surface area contributed by atoms with Crippen LogP contribution in [0.3, 0.4) is 0 Å². The monoisotopic (exact) mass is 420 g/mol. The predicted octanol–water partition coefficient (Wildman–Crippen LogP) is 3.64. The maximum Gasteiger partial charge on any atom is 0.404 e. The summed E-state index contributed by atoms with van der Waals surface area (Å²) in [5, 5.41) is 15.4. The van der Waals surface area contributed by atoms with Crippen molar-refractivity contribution in [3.63, 3.8) is 0 Å². The lowest BCUT2D eigenvalue weighted by Gasteiger charge is -2.28. The molecule has 8 nitrogen and oxygen atoms in total. The van der Waals surface area contributed by atoms with Crippen LogP contribution >= 0.6 is 11.3 Å². The number of sulfonamides is 1. The third-order valence-corrected chi connectivity index (χ3v) is 5.57. The summed E-state index contributed by atoms with van der Waals surface area (Å²) < 4.78 is 63.4. The summed E-state index contributed by atoms with van der Waals surface area (Å²) in [4.78, 5) is 1.91. The molecule has 0 aliphatic carbocycles.